The lowest BCUT2D eigenvalue weighted by atomic mass is 10.1. The number of benzene rings is 1. The van der Waals surface area contributed by atoms with Crippen LogP contribution in [-0.2, 0) is 11.3 Å². The number of hydrogen-bond donors (Lipinski definition) is 1. The minimum absolute atomic E-state index is 0.185. The Kier molecular flexibility index (Phi) is 4.71. The van der Waals surface area contributed by atoms with Crippen LogP contribution in [0.3, 0.4) is 0 Å². The van der Waals surface area contributed by atoms with Gasteiger partial charge in [-0.05, 0) is 38.1 Å². The van der Waals surface area contributed by atoms with Crippen LogP contribution >= 0.6 is 0 Å². The smallest absolute Gasteiger partial charge is 0.162 e. The lowest BCUT2D eigenvalue weighted by molar-refractivity contribution is 0.0985. The SMILES string of the molecule is CCn1nccc1-c1cc(N2CCOC[C@H]2C)nc(-c2cc(F)cc3[nH]ccc23)n1. The molecule has 1 fully saturated rings. The summed E-state index contributed by atoms with van der Waals surface area (Å²) in [6.07, 6.45) is 3.57. The van der Waals surface area contributed by atoms with Crippen molar-refractivity contribution in [1.29, 1.82) is 0 Å². The maximum Gasteiger partial charge on any atom is 0.162 e. The van der Waals surface area contributed by atoms with Gasteiger partial charge in [0.1, 0.15) is 11.6 Å². The van der Waals surface area contributed by atoms with Crippen molar-refractivity contribution >= 4 is 16.7 Å². The molecule has 0 aliphatic carbocycles. The van der Waals surface area contributed by atoms with Crippen LogP contribution in [0.15, 0.2) is 42.7 Å². The van der Waals surface area contributed by atoms with Crippen molar-refractivity contribution in [3.05, 3.63) is 48.5 Å². The number of aromatic nitrogens is 5. The number of H-pyrrole nitrogens is 1. The minimum atomic E-state index is -0.325. The van der Waals surface area contributed by atoms with E-state index in [2.05, 4.69) is 21.9 Å². The fourth-order valence-electron chi connectivity index (χ4n) is 4.02. The van der Waals surface area contributed by atoms with Crippen molar-refractivity contribution in [3.8, 4) is 22.8 Å². The van der Waals surface area contributed by atoms with Crippen LogP contribution in [0.5, 0.6) is 0 Å². The summed E-state index contributed by atoms with van der Waals surface area (Å²) >= 11 is 0. The summed E-state index contributed by atoms with van der Waals surface area (Å²) in [7, 11) is 0. The fraction of sp³-hybridized carbons (Fsp3) is 0.318. The number of aromatic amines is 1. The van der Waals surface area contributed by atoms with E-state index in [1.165, 1.54) is 12.1 Å². The number of anilines is 1. The molecule has 1 aliphatic rings. The number of hydrogen-bond acceptors (Lipinski definition) is 5. The zero-order valence-electron chi connectivity index (χ0n) is 17.0. The summed E-state index contributed by atoms with van der Waals surface area (Å²) in [5.74, 6) is 0.977. The molecule has 0 unspecified atom stereocenters. The minimum Gasteiger partial charge on any atom is -0.377 e. The zero-order chi connectivity index (χ0) is 20.7. The third kappa shape index (κ3) is 3.23. The number of fused-ring (bicyclic) bond motifs is 1. The van der Waals surface area contributed by atoms with Gasteiger partial charge in [-0.3, -0.25) is 4.68 Å². The van der Waals surface area contributed by atoms with Crippen LogP contribution in [-0.4, -0.2) is 50.5 Å². The van der Waals surface area contributed by atoms with Gasteiger partial charge in [0.15, 0.2) is 5.82 Å². The molecule has 5 rings (SSSR count). The molecule has 4 aromatic rings. The maximum absolute atomic E-state index is 14.4. The highest BCUT2D eigenvalue weighted by molar-refractivity contribution is 5.93. The summed E-state index contributed by atoms with van der Waals surface area (Å²) < 4.78 is 21.8. The third-order valence-corrected chi connectivity index (χ3v) is 5.53. The lowest BCUT2D eigenvalue weighted by Crippen LogP contribution is -2.44. The lowest BCUT2D eigenvalue weighted by Gasteiger charge is -2.34. The molecule has 7 nitrogen and oxygen atoms in total. The molecule has 0 radical (unpaired) electrons. The highest BCUT2D eigenvalue weighted by Gasteiger charge is 2.23. The topological polar surface area (TPSA) is 71.9 Å². The molecular formula is C22H23FN6O. The van der Waals surface area contributed by atoms with Gasteiger partial charge in [0.05, 0.1) is 30.6 Å². The number of rotatable bonds is 4. The van der Waals surface area contributed by atoms with Gasteiger partial charge in [0, 0.05) is 48.0 Å². The maximum atomic E-state index is 14.4. The highest BCUT2D eigenvalue weighted by atomic mass is 19.1. The summed E-state index contributed by atoms with van der Waals surface area (Å²) in [6, 6.07) is 9.03. The number of morpholine rings is 1. The van der Waals surface area contributed by atoms with E-state index >= 15 is 0 Å². The van der Waals surface area contributed by atoms with Crippen LogP contribution in [0.4, 0.5) is 10.2 Å². The second kappa shape index (κ2) is 7.53. The summed E-state index contributed by atoms with van der Waals surface area (Å²) in [4.78, 5) is 15.0. The normalized spacial score (nSPS) is 17.0. The molecule has 30 heavy (non-hydrogen) atoms. The van der Waals surface area contributed by atoms with Gasteiger partial charge in [-0.2, -0.15) is 5.10 Å². The van der Waals surface area contributed by atoms with E-state index in [4.69, 9.17) is 14.7 Å². The Labute approximate surface area is 173 Å². The Bertz CT molecular complexity index is 1200. The number of halogens is 1. The van der Waals surface area contributed by atoms with Crippen LogP contribution in [0.1, 0.15) is 13.8 Å². The molecule has 1 atom stereocenters. The van der Waals surface area contributed by atoms with Crippen molar-refractivity contribution in [1.82, 2.24) is 24.7 Å². The molecule has 4 heterocycles. The van der Waals surface area contributed by atoms with Gasteiger partial charge in [-0.15, -0.1) is 0 Å². The molecule has 1 aliphatic heterocycles. The van der Waals surface area contributed by atoms with Crippen LogP contribution < -0.4 is 4.90 Å². The molecular weight excluding hydrogens is 383 g/mol. The summed E-state index contributed by atoms with van der Waals surface area (Å²) in [6.45, 7) is 6.92. The zero-order valence-corrected chi connectivity index (χ0v) is 17.0. The molecule has 1 N–H and O–H groups in total. The average Bonchev–Trinajstić information content (AvgIpc) is 3.42. The van der Waals surface area contributed by atoms with Gasteiger partial charge in [-0.1, -0.05) is 0 Å². The van der Waals surface area contributed by atoms with E-state index in [0.717, 1.165) is 41.2 Å². The van der Waals surface area contributed by atoms with Gasteiger partial charge in [0.2, 0.25) is 0 Å². The Morgan fingerprint density at radius 3 is 2.97 bits per heavy atom. The third-order valence-electron chi connectivity index (χ3n) is 5.53. The molecule has 8 heteroatoms. The van der Waals surface area contributed by atoms with Crippen LogP contribution in [0.25, 0.3) is 33.7 Å². The molecule has 3 aromatic heterocycles. The first-order valence-electron chi connectivity index (χ1n) is 10.2. The average molecular weight is 406 g/mol. The largest absolute Gasteiger partial charge is 0.377 e. The van der Waals surface area contributed by atoms with Crippen molar-refractivity contribution in [2.24, 2.45) is 0 Å². The molecule has 0 bridgehead atoms. The number of nitrogens with one attached hydrogen (secondary N) is 1. The first-order valence-corrected chi connectivity index (χ1v) is 10.2. The van der Waals surface area contributed by atoms with E-state index in [9.17, 15) is 4.39 Å². The van der Waals surface area contributed by atoms with E-state index in [1.807, 2.05) is 29.8 Å². The van der Waals surface area contributed by atoms with Gasteiger partial charge in [-0.25, -0.2) is 14.4 Å². The second-order valence-electron chi connectivity index (χ2n) is 7.48. The molecule has 154 valence electrons. The number of aryl methyl sites for hydroxylation is 1. The van der Waals surface area contributed by atoms with E-state index in [0.29, 0.717) is 24.6 Å². The van der Waals surface area contributed by atoms with Crippen LogP contribution in [0, 0.1) is 5.82 Å². The van der Waals surface area contributed by atoms with E-state index in [-0.39, 0.29) is 11.9 Å². The Morgan fingerprint density at radius 1 is 1.23 bits per heavy atom. The molecule has 1 aromatic carbocycles. The first kappa shape index (κ1) is 18.7. The Morgan fingerprint density at radius 2 is 2.13 bits per heavy atom. The molecule has 0 saturated carbocycles. The fourth-order valence-corrected chi connectivity index (χ4v) is 4.02. The van der Waals surface area contributed by atoms with Gasteiger partial charge < -0.3 is 14.6 Å². The summed E-state index contributed by atoms with van der Waals surface area (Å²) in [5, 5.41) is 5.27. The second-order valence-corrected chi connectivity index (χ2v) is 7.48. The standard InChI is InChI=1S/C22H23FN6O/c1-3-29-20(5-7-25-29)19-12-21(28-8-9-30-13-14(28)2)27-22(26-19)17-10-15(23)11-18-16(17)4-6-24-18/h4-7,10-12,14,24H,3,8-9,13H2,1-2H3/t14-/m1/s1. The highest BCUT2D eigenvalue weighted by Crippen LogP contribution is 2.32. The van der Waals surface area contributed by atoms with Crippen molar-refractivity contribution in [2.75, 3.05) is 24.7 Å². The van der Waals surface area contributed by atoms with Crippen molar-refractivity contribution < 1.29 is 9.13 Å². The van der Waals surface area contributed by atoms with Crippen molar-refractivity contribution in [2.45, 2.75) is 26.4 Å². The molecule has 1 saturated heterocycles. The van der Waals surface area contributed by atoms with E-state index in [1.54, 1.807) is 12.4 Å². The van der Waals surface area contributed by atoms with Gasteiger partial charge in [0.25, 0.3) is 0 Å². The monoisotopic (exact) mass is 406 g/mol. The van der Waals surface area contributed by atoms with Crippen LogP contribution in [0.2, 0.25) is 0 Å². The predicted molar refractivity (Wildman–Crippen MR) is 114 cm³/mol. The Hall–Kier alpha value is -3.26. The van der Waals surface area contributed by atoms with E-state index < -0.39 is 0 Å². The Balaban J connectivity index is 1.73. The quantitative estimate of drug-likeness (QED) is 0.557. The number of nitrogens with zero attached hydrogens (tertiary/aromatic N) is 5. The molecule has 0 amide bonds. The molecule has 0 spiro atoms. The first-order chi connectivity index (χ1) is 14.6. The van der Waals surface area contributed by atoms with Crippen molar-refractivity contribution in [3.63, 3.8) is 0 Å². The predicted octanol–water partition coefficient (Wildman–Crippen LogP) is 3.87. The summed E-state index contributed by atoms with van der Waals surface area (Å²) in [5.41, 5.74) is 3.06. The van der Waals surface area contributed by atoms with Gasteiger partial charge >= 0.3 is 0 Å². The number of ether oxygens (including phenoxy) is 1.